The second-order valence-electron chi connectivity index (χ2n) is 6.92. The molecule has 1 aromatic rings. The fourth-order valence-electron chi connectivity index (χ4n) is 2.81. The Hall–Kier alpha value is -2.72. The number of hydrogen-bond acceptors (Lipinski definition) is 7. The zero-order chi connectivity index (χ0) is 21.4. The normalized spacial score (nSPS) is 23.8. The number of benzene rings is 1. The number of cyclic esters (lactones) is 1. The summed E-state index contributed by atoms with van der Waals surface area (Å²) >= 11 is 0. The maximum absolute atomic E-state index is 12.8. The van der Waals surface area contributed by atoms with Gasteiger partial charge in [0.25, 0.3) is 0 Å². The van der Waals surface area contributed by atoms with Crippen LogP contribution in [0, 0.1) is 5.92 Å². The highest BCUT2D eigenvalue weighted by Crippen LogP contribution is 2.30. The second kappa shape index (κ2) is 13.6. The van der Waals surface area contributed by atoms with E-state index >= 15 is 0 Å². The molecule has 2 rings (SSSR count). The fourth-order valence-corrected chi connectivity index (χ4v) is 2.81. The molecule has 1 aliphatic heterocycles. The highest BCUT2D eigenvalue weighted by molar-refractivity contribution is 5.97. The smallest absolute Gasteiger partial charge is 0.342 e. The van der Waals surface area contributed by atoms with Gasteiger partial charge in [0.1, 0.15) is 30.0 Å². The number of allylic oxidation sites excluding steroid dienone is 1. The zero-order valence-corrected chi connectivity index (χ0v) is 18.2. The first-order chi connectivity index (χ1) is 13.8. The number of phenolic OH excluding ortho intramolecular Hbond substituents is 1. The van der Waals surface area contributed by atoms with Crippen LogP contribution in [0.25, 0.3) is 6.08 Å². The first kappa shape index (κ1) is 28.3. The Bertz CT molecular complexity index is 785. The molecule has 0 saturated carbocycles. The van der Waals surface area contributed by atoms with Gasteiger partial charge in [0.05, 0.1) is 13.2 Å². The maximum atomic E-state index is 12.8. The van der Waals surface area contributed by atoms with Crippen molar-refractivity contribution in [2.45, 2.75) is 38.9 Å². The van der Waals surface area contributed by atoms with E-state index in [4.69, 9.17) is 18.9 Å². The minimum absolute atomic E-state index is 0. The first-order valence-corrected chi connectivity index (χ1v) is 9.47. The number of ether oxygens (including phenoxy) is 4. The number of carbonyl (C=O) groups excluding carboxylic acids is 2. The molecule has 5 N–H and O–H groups in total. The molecule has 1 aliphatic rings. The molecule has 3 atom stereocenters. The van der Waals surface area contributed by atoms with Crippen LogP contribution < -0.4 is 4.74 Å². The SMILES string of the molecule is COCOC1/C=C/c2cc(OC)cc(O)c2C(=O)O[C@@H](C)[C@H](C)/C=C\C(=O)CC1.O.O. The van der Waals surface area contributed by atoms with Gasteiger partial charge in [-0.3, -0.25) is 4.79 Å². The predicted octanol–water partition coefficient (Wildman–Crippen LogP) is 1.85. The lowest BCUT2D eigenvalue weighted by atomic mass is 10.0. The molecule has 0 aromatic heterocycles. The van der Waals surface area contributed by atoms with E-state index in [1.54, 1.807) is 31.2 Å². The molecule has 9 nitrogen and oxygen atoms in total. The Labute approximate surface area is 181 Å². The molecule has 0 spiro atoms. The highest BCUT2D eigenvalue weighted by Gasteiger charge is 2.23. The molecule has 1 unspecified atom stereocenters. The maximum Gasteiger partial charge on any atom is 0.342 e. The topological polar surface area (TPSA) is 154 Å². The Morgan fingerprint density at radius 2 is 1.81 bits per heavy atom. The van der Waals surface area contributed by atoms with Crippen molar-refractivity contribution in [3.63, 3.8) is 0 Å². The summed E-state index contributed by atoms with van der Waals surface area (Å²) in [5.74, 6) is -0.706. The molecule has 1 aromatic carbocycles. The number of fused-ring (bicyclic) bond motifs is 1. The van der Waals surface area contributed by atoms with Gasteiger partial charge in [0, 0.05) is 25.5 Å². The third-order valence-electron chi connectivity index (χ3n) is 4.75. The molecule has 9 heteroatoms. The van der Waals surface area contributed by atoms with Crippen molar-refractivity contribution >= 4 is 17.8 Å². The van der Waals surface area contributed by atoms with E-state index in [1.807, 2.05) is 6.92 Å². The summed E-state index contributed by atoms with van der Waals surface area (Å²) < 4.78 is 21.3. The van der Waals surface area contributed by atoms with E-state index in [0.29, 0.717) is 24.2 Å². The molecule has 31 heavy (non-hydrogen) atoms. The van der Waals surface area contributed by atoms with Gasteiger partial charge in [0.2, 0.25) is 0 Å². The van der Waals surface area contributed by atoms with Gasteiger partial charge in [-0.15, -0.1) is 0 Å². The van der Waals surface area contributed by atoms with Crippen LogP contribution in [0.1, 0.15) is 42.6 Å². The van der Waals surface area contributed by atoms with Crippen LogP contribution in [0.2, 0.25) is 0 Å². The van der Waals surface area contributed by atoms with Crippen LogP contribution in [-0.4, -0.2) is 61.0 Å². The summed E-state index contributed by atoms with van der Waals surface area (Å²) in [7, 11) is 2.98. The van der Waals surface area contributed by atoms with Crippen molar-refractivity contribution in [2.24, 2.45) is 5.92 Å². The molecule has 0 bridgehead atoms. The summed E-state index contributed by atoms with van der Waals surface area (Å²) in [4.78, 5) is 24.9. The zero-order valence-electron chi connectivity index (χ0n) is 18.2. The third-order valence-corrected chi connectivity index (χ3v) is 4.75. The van der Waals surface area contributed by atoms with Gasteiger partial charge in [-0.2, -0.15) is 0 Å². The van der Waals surface area contributed by atoms with Gasteiger partial charge in [0.15, 0.2) is 5.78 Å². The largest absolute Gasteiger partial charge is 0.507 e. The van der Waals surface area contributed by atoms with Crippen molar-refractivity contribution in [3.8, 4) is 11.5 Å². The van der Waals surface area contributed by atoms with Gasteiger partial charge in [-0.1, -0.05) is 25.2 Å². The number of phenols is 1. The molecule has 0 radical (unpaired) electrons. The molecule has 1 heterocycles. The van der Waals surface area contributed by atoms with Crippen LogP contribution in [0.5, 0.6) is 11.5 Å². The molecule has 0 amide bonds. The number of rotatable bonds is 4. The van der Waals surface area contributed by atoms with Gasteiger partial charge >= 0.3 is 5.97 Å². The minimum atomic E-state index is -0.657. The summed E-state index contributed by atoms with van der Waals surface area (Å²) in [5.41, 5.74) is 0.473. The van der Waals surface area contributed by atoms with Crippen LogP contribution in [0.15, 0.2) is 30.4 Å². The Morgan fingerprint density at radius 1 is 1.10 bits per heavy atom. The van der Waals surface area contributed by atoms with Crippen molar-refractivity contribution in [3.05, 3.63) is 41.5 Å². The molecular weight excluding hydrogens is 408 g/mol. The van der Waals surface area contributed by atoms with Gasteiger partial charge in [-0.25, -0.2) is 4.79 Å². The molecule has 0 fully saturated rings. The Balaban J connectivity index is 0.00000450. The van der Waals surface area contributed by atoms with E-state index in [9.17, 15) is 14.7 Å². The summed E-state index contributed by atoms with van der Waals surface area (Å²) in [6.45, 7) is 3.66. The summed E-state index contributed by atoms with van der Waals surface area (Å²) in [6.07, 6.45) is 6.46. The van der Waals surface area contributed by atoms with E-state index in [2.05, 4.69) is 0 Å². The summed E-state index contributed by atoms with van der Waals surface area (Å²) in [6, 6.07) is 2.99. The van der Waals surface area contributed by atoms with E-state index in [-0.39, 0.29) is 40.8 Å². The van der Waals surface area contributed by atoms with Crippen molar-refractivity contribution in [1.29, 1.82) is 0 Å². The third kappa shape index (κ3) is 8.14. The van der Waals surface area contributed by atoms with Crippen molar-refractivity contribution in [2.75, 3.05) is 21.0 Å². The van der Waals surface area contributed by atoms with Crippen molar-refractivity contribution < 1.29 is 44.6 Å². The van der Waals surface area contributed by atoms with Crippen LogP contribution >= 0.6 is 0 Å². The van der Waals surface area contributed by atoms with Crippen LogP contribution in [0.3, 0.4) is 0 Å². The second-order valence-corrected chi connectivity index (χ2v) is 6.92. The predicted molar refractivity (Wildman–Crippen MR) is 115 cm³/mol. The standard InChI is InChI=1S/C22H28O7.2H2O/c1-14-5-7-17(23)8-10-18(28-13-26-3)9-6-16-11-19(27-4)12-20(24)21(16)22(25)29-15(14)2;;/h5-7,9,11-12,14-15,18,24H,8,10,13H2,1-4H3;2*1H2/b7-5-,9-6+;;/t14-,15+,18?;;/m1../s1. The van der Waals surface area contributed by atoms with E-state index < -0.39 is 18.2 Å². The number of esters is 1. The minimum Gasteiger partial charge on any atom is -0.507 e. The molecule has 0 saturated heterocycles. The number of hydrogen-bond donors (Lipinski definition) is 1. The fraction of sp³-hybridized carbons (Fsp3) is 0.455. The first-order valence-electron chi connectivity index (χ1n) is 9.47. The Kier molecular flexibility index (Phi) is 12.4. The lowest BCUT2D eigenvalue weighted by molar-refractivity contribution is -0.115. The number of ketones is 1. The van der Waals surface area contributed by atoms with E-state index in [1.165, 1.54) is 26.4 Å². The summed E-state index contributed by atoms with van der Waals surface area (Å²) in [5, 5.41) is 10.4. The van der Waals surface area contributed by atoms with Gasteiger partial charge in [-0.05, 0) is 31.1 Å². The lowest BCUT2D eigenvalue weighted by Crippen LogP contribution is -2.22. The number of methoxy groups -OCH3 is 2. The average Bonchev–Trinajstić information content (AvgIpc) is 2.69. The van der Waals surface area contributed by atoms with Crippen LogP contribution in [0.4, 0.5) is 0 Å². The molecular formula is C22H32O9. The van der Waals surface area contributed by atoms with Crippen molar-refractivity contribution in [1.82, 2.24) is 0 Å². The lowest BCUT2D eigenvalue weighted by Gasteiger charge is -2.20. The number of aromatic hydroxyl groups is 1. The quantitative estimate of drug-likeness (QED) is 0.553. The molecule has 0 aliphatic carbocycles. The average molecular weight is 440 g/mol. The molecule has 174 valence electrons. The number of carbonyl (C=O) groups is 2. The Morgan fingerprint density at radius 3 is 2.45 bits per heavy atom. The van der Waals surface area contributed by atoms with E-state index in [0.717, 1.165) is 0 Å². The highest BCUT2D eigenvalue weighted by atomic mass is 16.7. The monoisotopic (exact) mass is 440 g/mol. The van der Waals surface area contributed by atoms with Gasteiger partial charge < -0.3 is 35.0 Å². The van der Waals surface area contributed by atoms with Crippen LogP contribution in [-0.2, 0) is 19.0 Å².